The summed E-state index contributed by atoms with van der Waals surface area (Å²) in [6.45, 7) is 2.56. The van der Waals surface area contributed by atoms with Crippen molar-refractivity contribution in [3.05, 3.63) is 60.2 Å². The molecular formula is C23H28N2O5S2. The molecule has 2 fully saturated rings. The molecule has 0 saturated carbocycles. The van der Waals surface area contributed by atoms with Crippen LogP contribution in [0.25, 0.3) is 0 Å². The van der Waals surface area contributed by atoms with Crippen LogP contribution >= 0.6 is 0 Å². The van der Waals surface area contributed by atoms with Crippen LogP contribution in [0, 0.1) is 6.92 Å². The Bertz CT molecular complexity index is 1200. The predicted molar refractivity (Wildman–Crippen MR) is 121 cm³/mol. The zero-order valence-electron chi connectivity index (χ0n) is 18.1. The van der Waals surface area contributed by atoms with E-state index in [1.54, 1.807) is 53.4 Å². The van der Waals surface area contributed by atoms with Gasteiger partial charge in [0, 0.05) is 19.1 Å². The van der Waals surface area contributed by atoms with Crippen LogP contribution in [-0.2, 0) is 24.7 Å². The number of aryl methyl sites for hydroxylation is 1. The molecule has 7 nitrogen and oxygen atoms in total. The van der Waals surface area contributed by atoms with Gasteiger partial charge in [-0.1, -0.05) is 30.3 Å². The maximum Gasteiger partial charge on any atom is 0.243 e. The number of likely N-dealkylation sites (tertiary alicyclic amines) is 1. The van der Waals surface area contributed by atoms with Crippen molar-refractivity contribution in [3.63, 3.8) is 0 Å². The van der Waals surface area contributed by atoms with E-state index < -0.39 is 31.9 Å². The van der Waals surface area contributed by atoms with Crippen molar-refractivity contribution >= 4 is 25.8 Å². The Morgan fingerprint density at radius 1 is 0.906 bits per heavy atom. The highest BCUT2D eigenvalue weighted by atomic mass is 32.2. The first-order valence-corrected chi connectivity index (χ1v) is 14.0. The number of hydrogen-bond acceptors (Lipinski definition) is 5. The highest BCUT2D eigenvalue weighted by Crippen LogP contribution is 2.30. The van der Waals surface area contributed by atoms with Crippen LogP contribution in [0.5, 0.6) is 0 Å². The predicted octanol–water partition coefficient (Wildman–Crippen LogP) is 2.61. The Labute approximate surface area is 190 Å². The number of carbonyl (C=O) groups is 1. The summed E-state index contributed by atoms with van der Waals surface area (Å²) in [4.78, 5) is 15.5. The van der Waals surface area contributed by atoms with Crippen molar-refractivity contribution in [1.29, 1.82) is 0 Å². The number of amides is 1. The van der Waals surface area contributed by atoms with E-state index in [2.05, 4.69) is 0 Å². The standard InChI is InChI=1S/C23H28N2O5S2/c1-18-8-5-12-21(16-18)32(29,30)25-15-7-13-22(25)23(26)24-14-6-9-19(24)17-31(27,28)20-10-3-2-4-11-20/h2-5,8,10-12,16,19,22H,6-7,9,13-15,17H2,1H3. The van der Waals surface area contributed by atoms with E-state index in [0.717, 1.165) is 5.56 Å². The molecule has 0 aromatic heterocycles. The van der Waals surface area contributed by atoms with E-state index in [1.165, 1.54) is 4.31 Å². The van der Waals surface area contributed by atoms with Crippen molar-refractivity contribution < 1.29 is 21.6 Å². The van der Waals surface area contributed by atoms with Crippen LogP contribution in [0.15, 0.2) is 64.4 Å². The van der Waals surface area contributed by atoms with Gasteiger partial charge in [-0.25, -0.2) is 16.8 Å². The van der Waals surface area contributed by atoms with E-state index in [4.69, 9.17) is 0 Å². The fourth-order valence-corrected chi connectivity index (χ4v) is 8.03. The summed E-state index contributed by atoms with van der Waals surface area (Å²) < 4.78 is 53.6. The van der Waals surface area contributed by atoms with Crippen LogP contribution in [0.1, 0.15) is 31.2 Å². The smallest absolute Gasteiger partial charge is 0.243 e. The lowest BCUT2D eigenvalue weighted by atomic mass is 10.2. The molecular weight excluding hydrogens is 448 g/mol. The lowest BCUT2D eigenvalue weighted by Crippen LogP contribution is -2.50. The van der Waals surface area contributed by atoms with E-state index in [0.29, 0.717) is 32.2 Å². The molecule has 0 spiro atoms. The summed E-state index contributed by atoms with van der Waals surface area (Å²) in [5.74, 6) is -0.440. The van der Waals surface area contributed by atoms with Crippen LogP contribution in [0.2, 0.25) is 0 Å². The number of benzene rings is 2. The molecule has 2 unspecified atom stereocenters. The number of sulfone groups is 1. The van der Waals surface area contributed by atoms with Crippen molar-refractivity contribution in [2.24, 2.45) is 0 Å². The van der Waals surface area contributed by atoms with Crippen LogP contribution in [0.4, 0.5) is 0 Å². The Balaban J connectivity index is 1.55. The summed E-state index contributed by atoms with van der Waals surface area (Å²) in [5, 5.41) is 0. The van der Waals surface area contributed by atoms with Gasteiger partial charge in [-0.15, -0.1) is 0 Å². The molecule has 0 radical (unpaired) electrons. The van der Waals surface area contributed by atoms with Gasteiger partial charge in [0.05, 0.1) is 15.5 Å². The number of sulfonamides is 1. The minimum absolute atomic E-state index is 0.153. The highest BCUT2D eigenvalue weighted by molar-refractivity contribution is 7.91. The second-order valence-corrected chi connectivity index (χ2v) is 12.4. The van der Waals surface area contributed by atoms with Gasteiger partial charge in [-0.05, 0) is 62.4 Å². The van der Waals surface area contributed by atoms with Crippen molar-refractivity contribution in [2.75, 3.05) is 18.8 Å². The first kappa shape index (κ1) is 22.9. The molecule has 32 heavy (non-hydrogen) atoms. The maximum atomic E-state index is 13.5. The molecule has 172 valence electrons. The third kappa shape index (κ3) is 4.46. The van der Waals surface area contributed by atoms with Crippen LogP contribution in [-0.4, -0.2) is 62.9 Å². The number of rotatable bonds is 6. The molecule has 1 amide bonds. The van der Waals surface area contributed by atoms with Gasteiger partial charge in [0.15, 0.2) is 9.84 Å². The molecule has 2 aliphatic heterocycles. The minimum Gasteiger partial charge on any atom is -0.337 e. The van der Waals surface area contributed by atoms with Gasteiger partial charge in [0.25, 0.3) is 0 Å². The summed E-state index contributed by atoms with van der Waals surface area (Å²) in [5.41, 5.74) is 0.832. The molecule has 2 heterocycles. The van der Waals surface area contributed by atoms with E-state index in [1.807, 2.05) is 13.0 Å². The van der Waals surface area contributed by atoms with E-state index in [-0.39, 0.29) is 28.0 Å². The summed E-state index contributed by atoms with van der Waals surface area (Å²) in [6.07, 6.45) is 2.34. The fraction of sp³-hybridized carbons (Fsp3) is 0.435. The Morgan fingerprint density at radius 2 is 1.59 bits per heavy atom. The maximum absolute atomic E-state index is 13.5. The van der Waals surface area contributed by atoms with Gasteiger partial charge < -0.3 is 4.90 Å². The average Bonchev–Trinajstić information content (AvgIpc) is 3.44. The van der Waals surface area contributed by atoms with Crippen LogP contribution in [0.3, 0.4) is 0 Å². The molecule has 9 heteroatoms. The highest BCUT2D eigenvalue weighted by Gasteiger charge is 2.44. The topological polar surface area (TPSA) is 91.8 Å². The SMILES string of the molecule is Cc1cccc(S(=O)(=O)N2CCCC2C(=O)N2CCCC2CS(=O)(=O)c2ccccc2)c1. The van der Waals surface area contributed by atoms with Gasteiger partial charge in [-0.3, -0.25) is 4.79 Å². The quantitative estimate of drug-likeness (QED) is 0.639. The van der Waals surface area contributed by atoms with Gasteiger partial charge >= 0.3 is 0 Å². The van der Waals surface area contributed by atoms with Gasteiger partial charge in [-0.2, -0.15) is 4.31 Å². The lowest BCUT2D eigenvalue weighted by molar-refractivity contribution is -0.135. The van der Waals surface area contributed by atoms with Crippen LogP contribution < -0.4 is 0 Å². The monoisotopic (exact) mass is 476 g/mol. The third-order valence-corrected chi connectivity index (χ3v) is 9.98. The van der Waals surface area contributed by atoms with E-state index in [9.17, 15) is 21.6 Å². The summed E-state index contributed by atoms with van der Waals surface area (Å²) in [6, 6.07) is 13.7. The molecule has 2 saturated heterocycles. The number of carbonyl (C=O) groups excluding carboxylic acids is 1. The number of nitrogens with zero attached hydrogens (tertiary/aromatic N) is 2. The molecule has 2 atom stereocenters. The second-order valence-electron chi connectivity index (χ2n) is 8.51. The molecule has 0 bridgehead atoms. The van der Waals surface area contributed by atoms with Crippen molar-refractivity contribution in [2.45, 2.75) is 54.5 Å². The molecule has 2 aliphatic rings. The largest absolute Gasteiger partial charge is 0.337 e. The fourth-order valence-electron chi connectivity index (χ4n) is 4.65. The van der Waals surface area contributed by atoms with Gasteiger partial charge in [0.1, 0.15) is 6.04 Å². The first-order valence-electron chi connectivity index (χ1n) is 10.9. The number of hydrogen-bond donors (Lipinski definition) is 0. The minimum atomic E-state index is -3.81. The molecule has 0 aliphatic carbocycles. The normalized spacial score (nSPS) is 22.3. The third-order valence-electron chi connectivity index (χ3n) is 6.26. The Kier molecular flexibility index (Phi) is 6.42. The summed E-state index contributed by atoms with van der Waals surface area (Å²) in [7, 11) is -7.36. The van der Waals surface area contributed by atoms with Crippen molar-refractivity contribution in [1.82, 2.24) is 9.21 Å². The molecule has 2 aromatic rings. The van der Waals surface area contributed by atoms with Gasteiger partial charge in [0.2, 0.25) is 15.9 Å². The van der Waals surface area contributed by atoms with E-state index >= 15 is 0 Å². The zero-order valence-corrected chi connectivity index (χ0v) is 19.7. The zero-order chi connectivity index (χ0) is 22.9. The Morgan fingerprint density at radius 3 is 2.31 bits per heavy atom. The average molecular weight is 477 g/mol. The Hall–Kier alpha value is -2.23. The molecule has 4 rings (SSSR count). The lowest BCUT2D eigenvalue weighted by Gasteiger charge is -2.31. The molecule has 0 N–H and O–H groups in total. The summed E-state index contributed by atoms with van der Waals surface area (Å²) >= 11 is 0. The van der Waals surface area contributed by atoms with Crippen molar-refractivity contribution in [3.8, 4) is 0 Å². The second kappa shape index (κ2) is 8.96. The molecule has 2 aromatic carbocycles. The first-order chi connectivity index (χ1) is 15.2.